The maximum atomic E-state index is 11.1. The second kappa shape index (κ2) is 6.88. The third kappa shape index (κ3) is 4.34. The van der Waals surface area contributed by atoms with Gasteiger partial charge in [0, 0.05) is 31.8 Å². The van der Waals surface area contributed by atoms with Crippen LogP contribution in [0.15, 0.2) is 23.2 Å². The molecule has 0 bridgehead atoms. The SMILES string of the molecule is CCCCN=CCc1cccc(C(C)=O)n1. The maximum absolute atomic E-state index is 11.1. The second-order valence-corrected chi connectivity index (χ2v) is 3.72. The molecule has 0 unspecified atom stereocenters. The summed E-state index contributed by atoms with van der Waals surface area (Å²) < 4.78 is 0. The third-order valence-corrected chi connectivity index (χ3v) is 2.24. The van der Waals surface area contributed by atoms with Crippen molar-refractivity contribution in [3.63, 3.8) is 0 Å². The minimum atomic E-state index is 0.00442. The minimum Gasteiger partial charge on any atom is -0.297 e. The molecule has 0 amide bonds. The van der Waals surface area contributed by atoms with E-state index in [0.717, 1.165) is 25.1 Å². The van der Waals surface area contributed by atoms with E-state index in [4.69, 9.17) is 0 Å². The quantitative estimate of drug-likeness (QED) is 0.418. The van der Waals surface area contributed by atoms with Crippen molar-refractivity contribution in [3.05, 3.63) is 29.6 Å². The molecule has 1 rings (SSSR count). The molecule has 1 aromatic heterocycles. The van der Waals surface area contributed by atoms with Gasteiger partial charge in [-0.3, -0.25) is 9.79 Å². The van der Waals surface area contributed by atoms with Gasteiger partial charge in [0.1, 0.15) is 5.69 Å². The average molecular weight is 218 g/mol. The number of aromatic nitrogens is 1. The van der Waals surface area contributed by atoms with Crippen LogP contribution in [0.3, 0.4) is 0 Å². The van der Waals surface area contributed by atoms with Gasteiger partial charge < -0.3 is 0 Å². The smallest absolute Gasteiger partial charge is 0.178 e. The van der Waals surface area contributed by atoms with Crippen LogP contribution in [-0.4, -0.2) is 23.5 Å². The Morgan fingerprint density at radius 2 is 2.31 bits per heavy atom. The van der Waals surface area contributed by atoms with Crippen molar-refractivity contribution in [1.29, 1.82) is 0 Å². The van der Waals surface area contributed by atoms with Gasteiger partial charge in [0.25, 0.3) is 0 Å². The van der Waals surface area contributed by atoms with Gasteiger partial charge in [0.2, 0.25) is 0 Å². The summed E-state index contributed by atoms with van der Waals surface area (Å²) in [5.74, 6) is 0.00442. The molecule has 0 saturated carbocycles. The van der Waals surface area contributed by atoms with Crippen LogP contribution in [0, 0.1) is 0 Å². The number of aliphatic imine (C=N–C) groups is 1. The Morgan fingerprint density at radius 3 is 3.00 bits per heavy atom. The third-order valence-electron chi connectivity index (χ3n) is 2.24. The fourth-order valence-corrected chi connectivity index (χ4v) is 1.29. The van der Waals surface area contributed by atoms with Crippen molar-refractivity contribution < 1.29 is 4.79 Å². The summed E-state index contributed by atoms with van der Waals surface area (Å²) in [7, 11) is 0. The molecule has 0 spiro atoms. The molecule has 1 heterocycles. The zero-order valence-electron chi connectivity index (χ0n) is 9.94. The van der Waals surface area contributed by atoms with Crippen LogP contribution in [0.1, 0.15) is 42.9 Å². The van der Waals surface area contributed by atoms with E-state index in [1.54, 1.807) is 6.07 Å². The summed E-state index contributed by atoms with van der Waals surface area (Å²) in [4.78, 5) is 19.6. The number of nitrogens with zero attached hydrogens (tertiary/aromatic N) is 2. The first kappa shape index (κ1) is 12.6. The molecule has 0 N–H and O–H groups in total. The van der Waals surface area contributed by atoms with E-state index in [1.807, 2.05) is 18.3 Å². The molecule has 0 atom stereocenters. The Bertz CT molecular complexity index is 372. The van der Waals surface area contributed by atoms with Crippen molar-refractivity contribution in [2.45, 2.75) is 33.1 Å². The summed E-state index contributed by atoms with van der Waals surface area (Å²) in [6, 6.07) is 5.51. The molecule has 3 heteroatoms. The summed E-state index contributed by atoms with van der Waals surface area (Å²) in [5.41, 5.74) is 1.42. The standard InChI is InChI=1S/C13H18N2O/c1-3-4-9-14-10-8-12-6-5-7-13(15-12)11(2)16/h5-7,10H,3-4,8-9H2,1-2H3. The lowest BCUT2D eigenvalue weighted by Gasteiger charge is -1.98. The zero-order valence-corrected chi connectivity index (χ0v) is 9.94. The first-order valence-electron chi connectivity index (χ1n) is 5.69. The summed E-state index contributed by atoms with van der Waals surface area (Å²) in [6.07, 6.45) is 4.86. The molecule has 0 aliphatic heterocycles. The normalized spacial score (nSPS) is 10.9. The van der Waals surface area contributed by atoms with Gasteiger partial charge in [0.05, 0.1) is 0 Å². The van der Waals surface area contributed by atoms with Crippen LogP contribution in [0.2, 0.25) is 0 Å². The van der Waals surface area contributed by atoms with E-state index >= 15 is 0 Å². The van der Waals surface area contributed by atoms with Crippen molar-refractivity contribution >= 4 is 12.0 Å². The molecule has 16 heavy (non-hydrogen) atoms. The highest BCUT2D eigenvalue weighted by molar-refractivity contribution is 5.92. The van der Waals surface area contributed by atoms with Gasteiger partial charge in [-0.05, 0) is 18.6 Å². The second-order valence-electron chi connectivity index (χ2n) is 3.72. The number of ketones is 1. The molecule has 0 aliphatic rings. The molecule has 86 valence electrons. The van der Waals surface area contributed by atoms with Crippen molar-refractivity contribution in [2.75, 3.05) is 6.54 Å². The van der Waals surface area contributed by atoms with Crippen LogP contribution < -0.4 is 0 Å². The molecular weight excluding hydrogens is 200 g/mol. The average Bonchev–Trinajstić information content (AvgIpc) is 2.29. The van der Waals surface area contributed by atoms with Crippen LogP contribution in [0.5, 0.6) is 0 Å². The number of Topliss-reactive ketones (excluding diaryl/α,β-unsaturated/α-hetero) is 1. The predicted octanol–water partition coefficient (Wildman–Crippen LogP) is 2.70. The van der Waals surface area contributed by atoms with Crippen LogP contribution in [0.25, 0.3) is 0 Å². The van der Waals surface area contributed by atoms with Crippen molar-refractivity contribution in [3.8, 4) is 0 Å². The first-order chi connectivity index (χ1) is 7.74. The zero-order chi connectivity index (χ0) is 11.8. The molecular formula is C13H18N2O. The summed E-state index contributed by atoms with van der Waals surface area (Å²) in [6.45, 7) is 4.55. The Morgan fingerprint density at radius 1 is 1.50 bits per heavy atom. The molecule has 3 nitrogen and oxygen atoms in total. The van der Waals surface area contributed by atoms with Crippen molar-refractivity contribution in [2.24, 2.45) is 4.99 Å². The number of rotatable bonds is 6. The lowest BCUT2D eigenvalue weighted by molar-refractivity contribution is 0.101. The topological polar surface area (TPSA) is 42.3 Å². The molecule has 0 aromatic carbocycles. The fourth-order valence-electron chi connectivity index (χ4n) is 1.29. The number of unbranched alkanes of at least 4 members (excludes halogenated alkanes) is 1. The van der Waals surface area contributed by atoms with Gasteiger partial charge >= 0.3 is 0 Å². The predicted molar refractivity (Wildman–Crippen MR) is 66.2 cm³/mol. The number of hydrogen-bond donors (Lipinski definition) is 0. The number of carbonyl (C=O) groups is 1. The lowest BCUT2D eigenvalue weighted by Crippen LogP contribution is -2.00. The Kier molecular flexibility index (Phi) is 5.40. The molecule has 1 aromatic rings. The van der Waals surface area contributed by atoms with E-state index in [0.29, 0.717) is 12.1 Å². The first-order valence-corrected chi connectivity index (χ1v) is 5.69. The van der Waals surface area contributed by atoms with Crippen LogP contribution >= 0.6 is 0 Å². The maximum Gasteiger partial charge on any atom is 0.178 e. The highest BCUT2D eigenvalue weighted by atomic mass is 16.1. The lowest BCUT2D eigenvalue weighted by atomic mass is 10.2. The molecule has 0 radical (unpaired) electrons. The monoisotopic (exact) mass is 218 g/mol. The van der Waals surface area contributed by atoms with Gasteiger partial charge in [-0.15, -0.1) is 0 Å². The van der Waals surface area contributed by atoms with E-state index in [-0.39, 0.29) is 5.78 Å². The highest BCUT2D eigenvalue weighted by Crippen LogP contribution is 2.00. The summed E-state index contributed by atoms with van der Waals surface area (Å²) in [5, 5.41) is 0. The highest BCUT2D eigenvalue weighted by Gasteiger charge is 2.00. The van der Waals surface area contributed by atoms with E-state index in [1.165, 1.54) is 6.92 Å². The van der Waals surface area contributed by atoms with E-state index in [9.17, 15) is 4.79 Å². The van der Waals surface area contributed by atoms with Gasteiger partial charge in [-0.1, -0.05) is 19.4 Å². The van der Waals surface area contributed by atoms with Crippen LogP contribution in [0.4, 0.5) is 0 Å². The number of carbonyl (C=O) groups excluding carboxylic acids is 1. The van der Waals surface area contributed by atoms with Gasteiger partial charge in [-0.25, -0.2) is 4.98 Å². The van der Waals surface area contributed by atoms with Crippen molar-refractivity contribution in [1.82, 2.24) is 4.98 Å². The van der Waals surface area contributed by atoms with Crippen LogP contribution in [-0.2, 0) is 6.42 Å². The Labute approximate surface area is 96.6 Å². The van der Waals surface area contributed by atoms with Gasteiger partial charge in [-0.2, -0.15) is 0 Å². The Hall–Kier alpha value is -1.51. The molecule has 0 saturated heterocycles. The Balaban J connectivity index is 2.51. The minimum absolute atomic E-state index is 0.00442. The largest absolute Gasteiger partial charge is 0.297 e. The number of pyridine rings is 1. The molecule has 0 fully saturated rings. The van der Waals surface area contributed by atoms with E-state index in [2.05, 4.69) is 16.9 Å². The summed E-state index contributed by atoms with van der Waals surface area (Å²) >= 11 is 0. The van der Waals surface area contributed by atoms with Gasteiger partial charge in [0.15, 0.2) is 5.78 Å². The fraction of sp³-hybridized carbons (Fsp3) is 0.462. The number of hydrogen-bond acceptors (Lipinski definition) is 3. The van der Waals surface area contributed by atoms with E-state index < -0.39 is 0 Å². The molecule has 0 aliphatic carbocycles.